The molecule has 2 N–H and O–H groups in total. The summed E-state index contributed by atoms with van der Waals surface area (Å²) in [6.07, 6.45) is 2.36. The van der Waals surface area contributed by atoms with Gasteiger partial charge in [0.25, 0.3) is 0 Å². The van der Waals surface area contributed by atoms with Gasteiger partial charge in [-0.1, -0.05) is 78.9 Å². The van der Waals surface area contributed by atoms with Gasteiger partial charge in [-0.3, -0.25) is 4.79 Å². The molecule has 0 spiro atoms. The number of fused-ring (bicyclic) bond motifs is 1. The molecule has 34 heavy (non-hydrogen) atoms. The number of rotatable bonds is 8. The lowest BCUT2D eigenvalue weighted by Gasteiger charge is -2.18. The van der Waals surface area contributed by atoms with Crippen LogP contribution in [0.1, 0.15) is 29.0 Å². The fourth-order valence-electron chi connectivity index (χ4n) is 4.26. The van der Waals surface area contributed by atoms with Crippen LogP contribution in [0, 0.1) is 0 Å². The third kappa shape index (κ3) is 5.02. The molecule has 0 aliphatic carbocycles. The number of para-hydroxylation sites is 2. The van der Waals surface area contributed by atoms with E-state index in [1.54, 1.807) is 0 Å². The van der Waals surface area contributed by atoms with Crippen LogP contribution in [0.5, 0.6) is 11.5 Å². The molecule has 0 aliphatic rings. The molecule has 0 bridgehead atoms. The Morgan fingerprint density at radius 3 is 2.32 bits per heavy atom. The molecule has 1 amide bonds. The lowest BCUT2D eigenvalue weighted by atomic mass is 9.88. The molecular formula is C30H26N2O2. The number of hydrogen-bond donors (Lipinski definition) is 2. The maximum atomic E-state index is 13.1. The standard InChI is InChI=1S/C30H26N2O2/c33-30(32-20-22-10-3-1-4-11-22)19-27(28-21-31-29-17-8-7-16-26(28)29)23-12-9-15-25(18-23)34-24-13-5-2-6-14-24/h1-18,21,27,31H,19-20H2,(H,32,33)/t27-/m1/s1. The minimum absolute atomic E-state index is 0.00788. The fourth-order valence-corrected chi connectivity index (χ4v) is 4.26. The number of H-pyrrole nitrogens is 1. The van der Waals surface area contributed by atoms with E-state index in [9.17, 15) is 4.79 Å². The number of carbonyl (C=O) groups excluding carboxylic acids is 1. The van der Waals surface area contributed by atoms with E-state index in [-0.39, 0.29) is 11.8 Å². The number of benzene rings is 4. The summed E-state index contributed by atoms with van der Waals surface area (Å²) in [5.41, 5.74) is 4.28. The van der Waals surface area contributed by atoms with Crippen molar-refractivity contribution >= 4 is 16.8 Å². The van der Waals surface area contributed by atoms with E-state index in [1.807, 2.05) is 97.2 Å². The molecule has 5 rings (SSSR count). The smallest absolute Gasteiger partial charge is 0.221 e. The minimum Gasteiger partial charge on any atom is -0.457 e. The van der Waals surface area contributed by atoms with Gasteiger partial charge in [-0.15, -0.1) is 0 Å². The first kappa shape index (κ1) is 21.5. The van der Waals surface area contributed by atoms with Crippen molar-refractivity contribution < 1.29 is 9.53 Å². The minimum atomic E-state index is -0.119. The van der Waals surface area contributed by atoms with Gasteiger partial charge in [-0.2, -0.15) is 0 Å². The Morgan fingerprint density at radius 2 is 1.50 bits per heavy atom. The Morgan fingerprint density at radius 1 is 0.794 bits per heavy atom. The number of ether oxygens (including phenoxy) is 1. The average molecular weight is 447 g/mol. The van der Waals surface area contributed by atoms with Gasteiger partial charge < -0.3 is 15.0 Å². The Kier molecular flexibility index (Phi) is 6.39. The topological polar surface area (TPSA) is 54.1 Å². The molecule has 4 nitrogen and oxygen atoms in total. The quantitative estimate of drug-likeness (QED) is 0.275. The zero-order chi connectivity index (χ0) is 23.2. The predicted molar refractivity (Wildman–Crippen MR) is 136 cm³/mol. The summed E-state index contributed by atoms with van der Waals surface area (Å²) in [5, 5.41) is 4.21. The second kappa shape index (κ2) is 10.1. The molecule has 0 saturated heterocycles. The summed E-state index contributed by atoms with van der Waals surface area (Å²) in [6, 6.07) is 35.9. The Bertz CT molecular complexity index is 1380. The summed E-state index contributed by atoms with van der Waals surface area (Å²) in [7, 11) is 0. The first-order chi connectivity index (χ1) is 16.8. The van der Waals surface area contributed by atoms with E-state index in [1.165, 1.54) is 0 Å². The van der Waals surface area contributed by atoms with Gasteiger partial charge >= 0.3 is 0 Å². The second-order valence-corrected chi connectivity index (χ2v) is 8.30. The van der Waals surface area contributed by atoms with Crippen LogP contribution in [0.2, 0.25) is 0 Å². The lowest BCUT2D eigenvalue weighted by Crippen LogP contribution is -2.25. The number of aromatic nitrogens is 1. The molecule has 0 radical (unpaired) electrons. The number of carbonyl (C=O) groups is 1. The van der Waals surface area contributed by atoms with Crippen LogP contribution >= 0.6 is 0 Å². The number of nitrogens with one attached hydrogen (secondary N) is 2. The van der Waals surface area contributed by atoms with Gasteiger partial charge in [0.1, 0.15) is 11.5 Å². The molecule has 168 valence electrons. The summed E-state index contributed by atoms with van der Waals surface area (Å²) < 4.78 is 6.08. The van der Waals surface area contributed by atoms with Crippen molar-refractivity contribution in [2.75, 3.05) is 0 Å². The number of hydrogen-bond acceptors (Lipinski definition) is 2. The van der Waals surface area contributed by atoms with Gasteiger partial charge in [-0.05, 0) is 47.0 Å². The van der Waals surface area contributed by atoms with Crippen molar-refractivity contribution in [1.82, 2.24) is 10.3 Å². The summed E-state index contributed by atoms with van der Waals surface area (Å²) >= 11 is 0. The largest absolute Gasteiger partial charge is 0.457 e. The Balaban J connectivity index is 1.43. The van der Waals surface area contributed by atoms with Crippen molar-refractivity contribution in [3.05, 3.63) is 132 Å². The van der Waals surface area contributed by atoms with E-state index in [2.05, 4.69) is 28.5 Å². The van der Waals surface area contributed by atoms with Crippen LogP contribution < -0.4 is 10.1 Å². The SMILES string of the molecule is O=C(C[C@H](c1cccc(Oc2ccccc2)c1)c1c[nH]c2ccccc12)NCc1ccccc1. The van der Waals surface area contributed by atoms with Crippen LogP contribution in [0.3, 0.4) is 0 Å². The zero-order valence-corrected chi connectivity index (χ0v) is 18.8. The highest BCUT2D eigenvalue weighted by Crippen LogP contribution is 2.35. The first-order valence-electron chi connectivity index (χ1n) is 11.5. The highest BCUT2D eigenvalue weighted by molar-refractivity contribution is 5.86. The zero-order valence-electron chi connectivity index (χ0n) is 18.8. The molecule has 4 aromatic carbocycles. The first-order valence-corrected chi connectivity index (χ1v) is 11.5. The summed E-state index contributed by atoms with van der Waals surface area (Å²) in [5.74, 6) is 1.42. The monoisotopic (exact) mass is 446 g/mol. The van der Waals surface area contributed by atoms with Crippen molar-refractivity contribution in [2.24, 2.45) is 0 Å². The third-order valence-electron chi connectivity index (χ3n) is 5.96. The summed E-state index contributed by atoms with van der Waals surface area (Å²) in [6.45, 7) is 0.511. The normalized spacial score (nSPS) is 11.8. The van der Waals surface area contributed by atoms with E-state index in [0.29, 0.717) is 13.0 Å². The number of aromatic amines is 1. The molecule has 0 aliphatic heterocycles. The van der Waals surface area contributed by atoms with Crippen LogP contribution in [0.25, 0.3) is 10.9 Å². The van der Waals surface area contributed by atoms with Crippen LogP contribution in [0.15, 0.2) is 115 Å². The Hall–Kier alpha value is -4.31. The van der Waals surface area contributed by atoms with E-state index in [4.69, 9.17) is 4.74 Å². The number of amides is 1. The molecule has 1 heterocycles. The molecular weight excluding hydrogens is 420 g/mol. The van der Waals surface area contributed by atoms with Crippen LogP contribution in [0.4, 0.5) is 0 Å². The average Bonchev–Trinajstić information content (AvgIpc) is 3.31. The predicted octanol–water partition coefficient (Wildman–Crippen LogP) is 6.80. The van der Waals surface area contributed by atoms with E-state index < -0.39 is 0 Å². The van der Waals surface area contributed by atoms with E-state index >= 15 is 0 Å². The van der Waals surface area contributed by atoms with Gasteiger partial charge in [-0.25, -0.2) is 0 Å². The molecule has 1 aromatic heterocycles. The highest BCUT2D eigenvalue weighted by atomic mass is 16.5. The van der Waals surface area contributed by atoms with Gasteiger partial charge in [0.15, 0.2) is 0 Å². The maximum Gasteiger partial charge on any atom is 0.221 e. The highest BCUT2D eigenvalue weighted by Gasteiger charge is 2.22. The summed E-state index contributed by atoms with van der Waals surface area (Å²) in [4.78, 5) is 16.4. The third-order valence-corrected chi connectivity index (χ3v) is 5.96. The Labute approximate surface area is 199 Å². The second-order valence-electron chi connectivity index (χ2n) is 8.30. The van der Waals surface area contributed by atoms with Gasteiger partial charge in [0.05, 0.1) is 0 Å². The molecule has 1 atom stereocenters. The van der Waals surface area contributed by atoms with Gasteiger partial charge in [0.2, 0.25) is 5.91 Å². The molecule has 0 fully saturated rings. The van der Waals surface area contributed by atoms with Crippen molar-refractivity contribution in [3.8, 4) is 11.5 Å². The van der Waals surface area contributed by atoms with Crippen LogP contribution in [-0.4, -0.2) is 10.9 Å². The fraction of sp³-hybridized carbons (Fsp3) is 0.100. The van der Waals surface area contributed by atoms with Crippen LogP contribution in [-0.2, 0) is 11.3 Å². The van der Waals surface area contributed by atoms with Crippen molar-refractivity contribution in [1.29, 1.82) is 0 Å². The van der Waals surface area contributed by atoms with Crippen molar-refractivity contribution in [3.63, 3.8) is 0 Å². The molecule has 0 unspecified atom stereocenters. The molecule has 4 heteroatoms. The van der Waals surface area contributed by atoms with E-state index in [0.717, 1.165) is 39.1 Å². The molecule has 5 aromatic rings. The lowest BCUT2D eigenvalue weighted by molar-refractivity contribution is -0.121. The maximum absolute atomic E-state index is 13.1. The van der Waals surface area contributed by atoms with Gasteiger partial charge in [0, 0.05) is 36.0 Å². The van der Waals surface area contributed by atoms with Crippen molar-refractivity contribution in [2.45, 2.75) is 18.9 Å². The molecule has 0 saturated carbocycles.